The third kappa shape index (κ3) is 3.10. The molecule has 3 saturated heterocycles. The van der Waals surface area contributed by atoms with Gasteiger partial charge in [-0.2, -0.15) is 0 Å². The Hall–Kier alpha value is -2.48. The molecule has 0 saturated carbocycles. The zero-order valence-corrected chi connectivity index (χ0v) is 16.3. The van der Waals surface area contributed by atoms with Crippen molar-refractivity contribution in [3.63, 3.8) is 0 Å². The predicted octanol–water partition coefficient (Wildman–Crippen LogP) is 1.17. The third-order valence-corrected chi connectivity index (χ3v) is 7.09. The summed E-state index contributed by atoms with van der Waals surface area (Å²) in [7, 11) is 0. The van der Waals surface area contributed by atoms with E-state index in [2.05, 4.69) is 15.5 Å². The Morgan fingerprint density at radius 3 is 2.59 bits per heavy atom. The molecule has 5 rings (SSSR count). The maximum atomic E-state index is 14.9. The summed E-state index contributed by atoms with van der Waals surface area (Å²) in [6.07, 6.45) is 3.78. The number of benzene rings is 1. The molecule has 3 fully saturated rings. The first-order valence-electron chi connectivity index (χ1n) is 10.4. The van der Waals surface area contributed by atoms with Gasteiger partial charge in [-0.25, -0.2) is 4.39 Å². The standard InChI is InChI=1S/C21H25FN4O3/c22-15-10-14-13(11-26(20(14)29)16-1-2-18(27)24-19(16)28)9-17(15)25-7-4-21(5-8-25)3-6-23-12-21/h9-10,16,23H,1-8,11-12H2,(H,24,27,28). The van der Waals surface area contributed by atoms with Crippen molar-refractivity contribution in [3.05, 3.63) is 29.1 Å². The molecule has 4 aliphatic rings. The number of halogens is 1. The monoisotopic (exact) mass is 400 g/mol. The Labute approximate surface area is 168 Å². The minimum Gasteiger partial charge on any atom is -0.369 e. The summed E-state index contributed by atoms with van der Waals surface area (Å²) in [5.74, 6) is -1.49. The van der Waals surface area contributed by atoms with E-state index in [4.69, 9.17) is 0 Å². The summed E-state index contributed by atoms with van der Waals surface area (Å²) >= 11 is 0. The molecule has 1 aromatic carbocycles. The van der Waals surface area contributed by atoms with Gasteiger partial charge in [0.2, 0.25) is 11.8 Å². The molecule has 8 heteroatoms. The van der Waals surface area contributed by atoms with E-state index in [9.17, 15) is 18.8 Å². The Balaban J connectivity index is 1.35. The number of imide groups is 1. The number of rotatable bonds is 2. The van der Waals surface area contributed by atoms with Gasteiger partial charge in [0.05, 0.1) is 5.69 Å². The van der Waals surface area contributed by atoms with Crippen molar-refractivity contribution >= 4 is 23.4 Å². The van der Waals surface area contributed by atoms with Gasteiger partial charge in [-0.1, -0.05) is 0 Å². The molecule has 154 valence electrons. The zero-order chi connectivity index (χ0) is 20.2. The SMILES string of the molecule is O=C1CCC(N2Cc3cc(N4CCC5(CCNC5)CC4)c(F)cc3C2=O)C(=O)N1. The number of piperidine rings is 2. The summed E-state index contributed by atoms with van der Waals surface area (Å²) in [5, 5.41) is 5.73. The van der Waals surface area contributed by atoms with Crippen LogP contribution in [-0.2, 0) is 16.1 Å². The van der Waals surface area contributed by atoms with Crippen molar-refractivity contribution in [1.82, 2.24) is 15.5 Å². The van der Waals surface area contributed by atoms with Gasteiger partial charge >= 0.3 is 0 Å². The van der Waals surface area contributed by atoms with Gasteiger partial charge in [-0.3, -0.25) is 19.7 Å². The highest BCUT2D eigenvalue weighted by Gasteiger charge is 2.41. The molecule has 3 amide bonds. The Kier molecular flexibility index (Phi) is 4.34. The van der Waals surface area contributed by atoms with Gasteiger partial charge in [0.15, 0.2) is 0 Å². The van der Waals surface area contributed by atoms with Gasteiger partial charge in [-0.15, -0.1) is 0 Å². The molecule has 0 radical (unpaired) electrons. The van der Waals surface area contributed by atoms with Crippen LogP contribution in [0.3, 0.4) is 0 Å². The highest BCUT2D eigenvalue weighted by atomic mass is 19.1. The van der Waals surface area contributed by atoms with Crippen LogP contribution in [0.25, 0.3) is 0 Å². The number of hydrogen-bond acceptors (Lipinski definition) is 5. The van der Waals surface area contributed by atoms with Crippen LogP contribution in [0.1, 0.15) is 48.0 Å². The lowest BCUT2D eigenvalue weighted by Crippen LogP contribution is -2.52. The summed E-state index contributed by atoms with van der Waals surface area (Å²) < 4.78 is 14.9. The highest BCUT2D eigenvalue weighted by molar-refractivity contribution is 6.05. The second kappa shape index (κ2) is 6.79. The lowest BCUT2D eigenvalue weighted by atomic mass is 9.77. The molecule has 7 nitrogen and oxygen atoms in total. The van der Waals surface area contributed by atoms with E-state index in [0.29, 0.717) is 23.1 Å². The van der Waals surface area contributed by atoms with Crippen LogP contribution in [0.15, 0.2) is 12.1 Å². The van der Waals surface area contributed by atoms with Crippen molar-refractivity contribution < 1.29 is 18.8 Å². The Morgan fingerprint density at radius 1 is 1.10 bits per heavy atom. The first-order valence-corrected chi connectivity index (χ1v) is 10.4. The van der Waals surface area contributed by atoms with E-state index in [-0.39, 0.29) is 30.6 Å². The van der Waals surface area contributed by atoms with Crippen LogP contribution in [0.2, 0.25) is 0 Å². The van der Waals surface area contributed by atoms with Crippen molar-refractivity contribution in [3.8, 4) is 0 Å². The van der Waals surface area contributed by atoms with Gasteiger partial charge in [0.25, 0.3) is 5.91 Å². The van der Waals surface area contributed by atoms with Gasteiger partial charge < -0.3 is 15.1 Å². The Bertz CT molecular complexity index is 886. The maximum Gasteiger partial charge on any atom is 0.255 e. The second-order valence-electron chi connectivity index (χ2n) is 8.77. The molecule has 1 atom stereocenters. The van der Waals surface area contributed by atoms with Crippen molar-refractivity contribution in [2.45, 2.75) is 44.7 Å². The number of hydrogen-bond donors (Lipinski definition) is 2. The molecule has 0 aromatic heterocycles. The largest absolute Gasteiger partial charge is 0.369 e. The van der Waals surface area contributed by atoms with Crippen molar-refractivity contribution in [1.29, 1.82) is 0 Å². The van der Waals surface area contributed by atoms with Crippen LogP contribution >= 0.6 is 0 Å². The molecule has 0 bridgehead atoms. The van der Waals surface area contributed by atoms with Crippen LogP contribution in [0.5, 0.6) is 0 Å². The molecular formula is C21H25FN4O3. The van der Waals surface area contributed by atoms with Crippen LogP contribution in [0.4, 0.5) is 10.1 Å². The summed E-state index contributed by atoms with van der Waals surface area (Å²) in [4.78, 5) is 39.9. The molecular weight excluding hydrogens is 375 g/mol. The summed E-state index contributed by atoms with van der Waals surface area (Å²) in [6.45, 7) is 3.99. The molecule has 1 unspecified atom stereocenters. The van der Waals surface area contributed by atoms with E-state index in [0.717, 1.165) is 44.6 Å². The second-order valence-corrected chi connectivity index (χ2v) is 8.77. The number of anilines is 1. The number of nitrogens with zero attached hydrogens (tertiary/aromatic N) is 2. The van der Waals surface area contributed by atoms with Gasteiger partial charge in [0, 0.05) is 38.2 Å². The van der Waals surface area contributed by atoms with Gasteiger partial charge in [0.1, 0.15) is 11.9 Å². The summed E-state index contributed by atoms with van der Waals surface area (Å²) in [5.41, 5.74) is 1.97. The van der Waals surface area contributed by atoms with E-state index >= 15 is 0 Å². The van der Waals surface area contributed by atoms with Gasteiger partial charge in [-0.05, 0) is 55.3 Å². The average Bonchev–Trinajstić information content (AvgIpc) is 3.27. The smallest absolute Gasteiger partial charge is 0.255 e. The first kappa shape index (κ1) is 18.5. The number of amides is 3. The summed E-state index contributed by atoms with van der Waals surface area (Å²) in [6, 6.07) is 2.42. The molecule has 0 aliphatic carbocycles. The minimum atomic E-state index is -0.677. The number of nitrogens with one attached hydrogen (secondary N) is 2. The van der Waals surface area contributed by atoms with Crippen LogP contribution < -0.4 is 15.5 Å². The van der Waals surface area contributed by atoms with Crippen molar-refractivity contribution in [2.24, 2.45) is 5.41 Å². The van der Waals surface area contributed by atoms with E-state index < -0.39 is 11.9 Å². The van der Waals surface area contributed by atoms with Crippen molar-refractivity contribution in [2.75, 3.05) is 31.1 Å². The molecule has 1 aromatic rings. The predicted molar refractivity (Wildman–Crippen MR) is 104 cm³/mol. The highest BCUT2D eigenvalue weighted by Crippen LogP contribution is 2.40. The van der Waals surface area contributed by atoms with E-state index in [1.54, 1.807) is 6.07 Å². The quantitative estimate of drug-likeness (QED) is 0.729. The molecule has 4 aliphatic heterocycles. The third-order valence-electron chi connectivity index (χ3n) is 7.09. The topological polar surface area (TPSA) is 81.8 Å². The normalized spacial score (nSPS) is 26.2. The number of carbonyl (C=O) groups excluding carboxylic acids is 3. The number of fused-ring (bicyclic) bond motifs is 1. The fourth-order valence-electron chi connectivity index (χ4n) is 5.26. The van der Waals surface area contributed by atoms with E-state index in [1.165, 1.54) is 17.4 Å². The fourth-order valence-corrected chi connectivity index (χ4v) is 5.26. The van der Waals surface area contributed by atoms with Crippen LogP contribution in [-0.4, -0.2) is 54.8 Å². The van der Waals surface area contributed by atoms with E-state index in [1.807, 2.05) is 0 Å². The number of carbonyl (C=O) groups is 3. The molecule has 4 heterocycles. The molecule has 29 heavy (non-hydrogen) atoms. The fraction of sp³-hybridized carbons (Fsp3) is 0.571. The Morgan fingerprint density at radius 2 is 1.90 bits per heavy atom. The maximum absolute atomic E-state index is 14.9. The lowest BCUT2D eigenvalue weighted by molar-refractivity contribution is -0.136. The first-order chi connectivity index (χ1) is 14.0. The zero-order valence-electron chi connectivity index (χ0n) is 16.3. The minimum absolute atomic E-state index is 0.209. The van der Waals surface area contributed by atoms with Crippen LogP contribution in [0, 0.1) is 11.2 Å². The lowest BCUT2D eigenvalue weighted by Gasteiger charge is -2.40. The average molecular weight is 400 g/mol. The molecule has 1 spiro atoms. The molecule has 2 N–H and O–H groups in total.